The Kier molecular flexibility index (Phi) is 6.14. The maximum Gasteiger partial charge on any atom is 0.421 e. The Balaban J connectivity index is 1.88. The van der Waals surface area contributed by atoms with Crippen molar-refractivity contribution in [1.29, 1.82) is 0 Å². The number of nitrogens with zero attached hydrogens (tertiary/aromatic N) is 3. The highest BCUT2D eigenvalue weighted by atomic mass is 19.4. The summed E-state index contributed by atoms with van der Waals surface area (Å²) < 4.78 is 92.5. The zero-order valence-electron chi connectivity index (χ0n) is 17.3. The van der Waals surface area contributed by atoms with Gasteiger partial charge in [-0.05, 0) is 43.0 Å². The van der Waals surface area contributed by atoms with E-state index < -0.39 is 59.0 Å². The third-order valence-corrected chi connectivity index (χ3v) is 5.30. The summed E-state index contributed by atoms with van der Waals surface area (Å²) in [6, 6.07) is 6.74. The van der Waals surface area contributed by atoms with Gasteiger partial charge in [0.15, 0.2) is 11.6 Å². The summed E-state index contributed by atoms with van der Waals surface area (Å²) in [5.41, 5.74) is 4.06. The van der Waals surface area contributed by atoms with Crippen LogP contribution >= 0.6 is 0 Å². The third-order valence-electron chi connectivity index (χ3n) is 5.30. The molecule has 0 amide bonds. The van der Waals surface area contributed by atoms with E-state index in [1.807, 2.05) is 0 Å². The van der Waals surface area contributed by atoms with Crippen molar-refractivity contribution in [3.05, 3.63) is 47.3 Å². The van der Waals surface area contributed by atoms with Gasteiger partial charge in [0.25, 0.3) is 5.89 Å². The molecule has 7 nitrogen and oxygen atoms in total. The van der Waals surface area contributed by atoms with Crippen LogP contribution in [0.3, 0.4) is 0 Å². The second-order valence-corrected chi connectivity index (χ2v) is 7.80. The summed E-state index contributed by atoms with van der Waals surface area (Å²) in [5, 5.41) is 17.1. The van der Waals surface area contributed by atoms with Crippen LogP contribution in [0.5, 0.6) is 11.6 Å². The van der Waals surface area contributed by atoms with Gasteiger partial charge in [0, 0.05) is 0 Å². The minimum absolute atomic E-state index is 0.0710. The molecule has 1 aliphatic rings. The number of halogens is 6. The maximum atomic E-state index is 13.7. The van der Waals surface area contributed by atoms with E-state index in [1.54, 1.807) is 12.1 Å². The van der Waals surface area contributed by atoms with Crippen molar-refractivity contribution in [2.45, 2.75) is 50.1 Å². The first-order valence-corrected chi connectivity index (χ1v) is 10.2. The van der Waals surface area contributed by atoms with Gasteiger partial charge in [-0.3, -0.25) is 0 Å². The van der Waals surface area contributed by atoms with E-state index in [1.165, 1.54) is 12.1 Å². The molecule has 34 heavy (non-hydrogen) atoms. The van der Waals surface area contributed by atoms with Gasteiger partial charge < -0.3 is 20.0 Å². The quantitative estimate of drug-likeness (QED) is 0.416. The summed E-state index contributed by atoms with van der Waals surface area (Å²) in [7, 11) is 0. The van der Waals surface area contributed by atoms with Gasteiger partial charge in [-0.25, -0.2) is 4.98 Å². The lowest BCUT2D eigenvalue weighted by Crippen LogP contribution is -2.32. The first-order chi connectivity index (χ1) is 15.9. The van der Waals surface area contributed by atoms with Crippen molar-refractivity contribution < 1.29 is 40.6 Å². The number of aliphatic hydroxyl groups is 1. The summed E-state index contributed by atoms with van der Waals surface area (Å²) in [5.74, 6) is -4.89. The zero-order valence-corrected chi connectivity index (χ0v) is 17.3. The molecule has 1 aromatic carbocycles. The van der Waals surface area contributed by atoms with Crippen LogP contribution in [-0.2, 0) is 12.6 Å². The van der Waals surface area contributed by atoms with Gasteiger partial charge in [-0.2, -0.15) is 26.3 Å². The lowest BCUT2D eigenvalue weighted by molar-refractivity contribution is -0.178. The Morgan fingerprint density at radius 3 is 2.50 bits per heavy atom. The highest BCUT2D eigenvalue weighted by Crippen LogP contribution is 2.43. The first kappa shape index (κ1) is 23.8. The van der Waals surface area contributed by atoms with Crippen LogP contribution in [0.25, 0.3) is 11.6 Å². The summed E-state index contributed by atoms with van der Waals surface area (Å²) in [6.45, 7) is 0. The molecule has 0 saturated heterocycles. The van der Waals surface area contributed by atoms with Gasteiger partial charge >= 0.3 is 12.4 Å². The van der Waals surface area contributed by atoms with Gasteiger partial charge in [0.2, 0.25) is 11.8 Å². The molecule has 1 aliphatic heterocycles. The maximum absolute atomic E-state index is 13.7. The summed E-state index contributed by atoms with van der Waals surface area (Å²) in [4.78, 5) is 3.77. The number of anilines is 1. The number of aliphatic hydroxyl groups excluding tert-OH is 1. The molecule has 4 rings (SSSR count). The van der Waals surface area contributed by atoms with Gasteiger partial charge in [-0.1, -0.05) is 18.6 Å². The predicted octanol–water partition coefficient (Wildman–Crippen LogP) is 5.26. The lowest BCUT2D eigenvalue weighted by Gasteiger charge is -2.22. The molecule has 182 valence electrons. The number of fused-ring (bicyclic) bond motifs is 7. The van der Waals surface area contributed by atoms with Crippen molar-refractivity contribution in [2.75, 3.05) is 5.73 Å². The normalized spacial score (nSPS) is 19.5. The number of aryl methyl sites for hydroxylation is 1. The monoisotopic (exact) mass is 488 g/mol. The van der Waals surface area contributed by atoms with Crippen LogP contribution in [0, 0.1) is 0 Å². The fourth-order valence-corrected chi connectivity index (χ4v) is 3.67. The number of hydrogen-bond acceptors (Lipinski definition) is 7. The molecule has 6 bridgehead atoms. The number of benzene rings is 1. The molecule has 2 atom stereocenters. The second-order valence-electron chi connectivity index (χ2n) is 7.80. The molecule has 0 aliphatic carbocycles. The van der Waals surface area contributed by atoms with Crippen molar-refractivity contribution in [2.24, 2.45) is 0 Å². The van der Waals surface area contributed by atoms with Gasteiger partial charge in [0.05, 0.1) is 11.8 Å². The molecular formula is C21H18F6N4O3. The van der Waals surface area contributed by atoms with Crippen molar-refractivity contribution in [3.8, 4) is 23.2 Å². The van der Waals surface area contributed by atoms with Crippen LogP contribution in [0.15, 0.2) is 34.7 Å². The Morgan fingerprint density at radius 1 is 1.03 bits per heavy atom. The van der Waals surface area contributed by atoms with Crippen LogP contribution in [0.4, 0.5) is 32.0 Å². The standard InChI is InChI=1S/C21H18F6N4O3/c22-20(23,24)12-9-13(28)16-19-31-30-18(34-19)15(21(25,26)27)14(32)7-2-1-4-10-5-3-6-11(8-10)33-17(12)29-16/h3,5-6,8-9,14-15,32H,1-2,4,7,28H2. The van der Waals surface area contributed by atoms with Crippen molar-refractivity contribution >= 4 is 5.69 Å². The number of aromatic nitrogens is 3. The van der Waals surface area contributed by atoms with E-state index >= 15 is 0 Å². The number of rotatable bonds is 0. The van der Waals surface area contributed by atoms with Gasteiger partial charge in [-0.15, -0.1) is 10.2 Å². The molecule has 13 heteroatoms. The fourth-order valence-electron chi connectivity index (χ4n) is 3.67. The number of hydrogen-bond donors (Lipinski definition) is 2. The molecule has 3 N–H and O–H groups in total. The van der Waals surface area contributed by atoms with Gasteiger partial charge in [0.1, 0.15) is 11.3 Å². The number of alkyl halides is 6. The molecule has 0 saturated carbocycles. The number of pyridine rings is 1. The van der Waals surface area contributed by atoms with Crippen molar-refractivity contribution in [1.82, 2.24) is 15.2 Å². The minimum atomic E-state index is -4.92. The Hall–Kier alpha value is -3.35. The molecule has 2 aromatic heterocycles. The van der Waals surface area contributed by atoms with E-state index in [4.69, 9.17) is 14.9 Å². The molecule has 0 spiro atoms. The zero-order chi connectivity index (χ0) is 24.7. The molecule has 3 aromatic rings. The highest BCUT2D eigenvalue weighted by molar-refractivity contribution is 5.68. The fraction of sp³-hybridized carbons (Fsp3) is 0.381. The summed E-state index contributed by atoms with van der Waals surface area (Å²) >= 11 is 0. The largest absolute Gasteiger partial charge is 0.438 e. The van der Waals surface area contributed by atoms with E-state index in [9.17, 15) is 31.4 Å². The Bertz CT molecular complexity index is 1180. The van der Waals surface area contributed by atoms with Crippen molar-refractivity contribution in [3.63, 3.8) is 0 Å². The first-order valence-electron chi connectivity index (χ1n) is 10.2. The molecule has 2 unspecified atom stereocenters. The second kappa shape index (κ2) is 8.78. The van der Waals surface area contributed by atoms with Crippen LogP contribution in [0.1, 0.15) is 42.2 Å². The Labute approximate surface area is 188 Å². The molecular weight excluding hydrogens is 470 g/mol. The molecule has 0 radical (unpaired) electrons. The van der Waals surface area contributed by atoms with Crippen LogP contribution < -0.4 is 10.5 Å². The predicted molar refractivity (Wildman–Crippen MR) is 106 cm³/mol. The van der Waals surface area contributed by atoms with E-state index in [2.05, 4.69) is 15.2 Å². The molecule has 0 fully saturated rings. The lowest BCUT2D eigenvalue weighted by atomic mass is 9.95. The minimum Gasteiger partial charge on any atom is -0.438 e. The third kappa shape index (κ3) is 4.93. The van der Waals surface area contributed by atoms with E-state index in [0.717, 1.165) is 0 Å². The number of nitrogens with two attached hydrogens (primary N) is 1. The molecule has 3 heterocycles. The highest BCUT2D eigenvalue weighted by Gasteiger charge is 2.49. The Morgan fingerprint density at radius 2 is 1.79 bits per heavy atom. The number of ether oxygens (including phenoxy) is 1. The van der Waals surface area contributed by atoms with E-state index in [0.29, 0.717) is 24.5 Å². The van der Waals surface area contributed by atoms with Crippen LogP contribution in [0.2, 0.25) is 0 Å². The summed E-state index contributed by atoms with van der Waals surface area (Å²) in [6.07, 6.45) is -10.8. The average molecular weight is 488 g/mol. The SMILES string of the molecule is Nc1cc(C(F)(F)F)c2nc1-c1nnc(o1)C(C(F)(F)F)C(O)CCCCc1cccc(c1)O2. The smallest absolute Gasteiger partial charge is 0.421 e. The topological polar surface area (TPSA) is 107 Å². The van der Waals surface area contributed by atoms with Crippen LogP contribution in [-0.4, -0.2) is 32.6 Å². The van der Waals surface area contributed by atoms with E-state index in [-0.39, 0.29) is 18.6 Å². The average Bonchev–Trinajstić information content (AvgIpc) is 3.19. The number of nitrogen functional groups attached to an aromatic ring is 1.